The number of aryl methyl sites for hydroxylation is 1. The fraction of sp³-hybridized carbons (Fsp3) is 0.238. The molecule has 0 bridgehead atoms. The molecule has 0 aliphatic carbocycles. The highest BCUT2D eigenvalue weighted by Crippen LogP contribution is 2.43. The summed E-state index contributed by atoms with van der Waals surface area (Å²) in [4.78, 5) is 19.2. The average molecular weight is 316 g/mol. The SMILES string of the molecule is Cc1ccc2c(c1)C(C)(C)CC(=O)N2c1cnc2ccccc2c1. The number of anilines is 2. The Bertz CT molecular complexity index is 959. The van der Waals surface area contributed by atoms with Gasteiger partial charge < -0.3 is 0 Å². The summed E-state index contributed by atoms with van der Waals surface area (Å²) in [6.45, 7) is 6.37. The van der Waals surface area contributed by atoms with Crippen LogP contribution in [0.25, 0.3) is 10.9 Å². The molecule has 0 atom stereocenters. The molecule has 2 heterocycles. The lowest BCUT2D eigenvalue weighted by Gasteiger charge is -2.38. The minimum absolute atomic E-state index is 0.119. The number of hydrogen-bond donors (Lipinski definition) is 0. The van der Waals surface area contributed by atoms with Crippen LogP contribution in [-0.4, -0.2) is 10.9 Å². The summed E-state index contributed by atoms with van der Waals surface area (Å²) < 4.78 is 0. The van der Waals surface area contributed by atoms with E-state index < -0.39 is 0 Å². The Labute approximate surface area is 141 Å². The van der Waals surface area contributed by atoms with Crippen molar-refractivity contribution in [1.82, 2.24) is 4.98 Å². The van der Waals surface area contributed by atoms with Gasteiger partial charge in [-0.2, -0.15) is 0 Å². The third-order valence-corrected chi connectivity index (χ3v) is 4.80. The number of fused-ring (bicyclic) bond motifs is 2. The van der Waals surface area contributed by atoms with Crippen LogP contribution < -0.4 is 4.90 Å². The molecule has 0 saturated carbocycles. The van der Waals surface area contributed by atoms with Gasteiger partial charge in [0.15, 0.2) is 0 Å². The maximum atomic E-state index is 12.9. The van der Waals surface area contributed by atoms with Crippen LogP contribution in [0, 0.1) is 6.92 Å². The van der Waals surface area contributed by atoms with Gasteiger partial charge in [-0.3, -0.25) is 14.7 Å². The van der Waals surface area contributed by atoms with Gasteiger partial charge in [0.2, 0.25) is 5.91 Å². The number of rotatable bonds is 1. The molecule has 1 aliphatic rings. The molecule has 0 radical (unpaired) electrons. The van der Waals surface area contributed by atoms with E-state index in [1.807, 2.05) is 35.2 Å². The molecule has 0 saturated heterocycles. The maximum Gasteiger partial charge on any atom is 0.232 e. The minimum atomic E-state index is -0.154. The molecule has 3 heteroatoms. The molecule has 4 rings (SSSR count). The number of hydrogen-bond acceptors (Lipinski definition) is 2. The van der Waals surface area contributed by atoms with Gasteiger partial charge in [-0.15, -0.1) is 0 Å². The molecule has 1 aromatic heterocycles. The number of pyridine rings is 1. The van der Waals surface area contributed by atoms with Crippen LogP contribution in [0.3, 0.4) is 0 Å². The quantitative estimate of drug-likeness (QED) is 0.640. The Morgan fingerprint density at radius 1 is 1.08 bits per heavy atom. The molecule has 0 spiro atoms. The van der Waals surface area contributed by atoms with Gasteiger partial charge in [0.25, 0.3) is 0 Å². The Balaban J connectivity index is 1.92. The standard InChI is InChI=1S/C21H20N2O/c1-14-8-9-19-17(10-14)21(2,3)12-20(24)23(19)16-11-15-6-4-5-7-18(15)22-13-16/h4-11,13H,12H2,1-3H3. The van der Waals surface area contributed by atoms with Crippen LogP contribution in [-0.2, 0) is 10.2 Å². The van der Waals surface area contributed by atoms with Crippen LogP contribution in [0.4, 0.5) is 11.4 Å². The molecule has 3 aromatic rings. The zero-order valence-corrected chi connectivity index (χ0v) is 14.2. The van der Waals surface area contributed by atoms with Crippen LogP contribution in [0.2, 0.25) is 0 Å². The number of nitrogens with zero attached hydrogens (tertiary/aromatic N) is 2. The fourth-order valence-corrected chi connectivity index (χ4v) is 3.54. The van der Waals surface area contributed by atoms with Crippen molar-refractivity contribution in [2.75, 3.05) is 4.90 Å². The smallest absolute Gasteiger partial charge is 0.232 e. The van der Waals surface area contributed by atoms with Gasteiger partial charge in [-0.25, -0.2) is 0 Å². The van der Waals surface area contributed by atoms with Crippen molar-refractivity contribution in [3.63, 3.8) is 0 Å². The van der Waals surface area contributed by atoms with Gasteiger partial charge in [0.05, 0.1) is 23.1 Å². The summed E-state index contributed by atoms with van der Waals surface area (Å²) in [5, 5.41) is 1.04. The van der Waals surface area contributed by atoms with E-state index in [9.17, 15) is 4.79 Å². The summed E-state index contributed by atoms with van der Waals surface area (Å²) in [6.07, 6.45) is 2.29. The van der Waals surface area contributed by atoms with Gasteiger partial charge in [-0.05, 0) is 30.7 Å². The largest absolute Gasteiger partial charge is 0.279 e. The van der Waals surface area contributed by atoms with E-state index in [-0.39, 0.29) is 11.3 Å². The van der Waals surface area contributed by atoms with E-state index in [0.717, 1.165) is 22.3 Å². The summed E-state index contributed by atoms with van der Waals surface area (Å²) in [5.41, 5.74) is 5.02. The summed E-state index contributed by atoms with van der Waals surface area (Å²) in [6, 6.07) is 16.3. The van der Waals surface area contributed by atoms with E-state index in [1.54, 1.807) is 6.20 Å². The topological polar surface area (TPSA) is 33.2 Å². The van der Waals surface area contributed by atoms with Gasteiger partial charge in [0.1, 0.15) is 0 Å². The molecule has 24 heavy (non-hydrogen) atoms. The first kappa shape index (κ1) is 14.9. The van der Waals surface area contributed by atoms with Crippen molar-refractivity contribution in [2.45, 2.75) is 32.6 Å². The van der Waals surface area contributed by atoms with E-state index in [2.05, 4.69) is 44.0 Å². The molecule has 2 aromatic carbocycles. The Kier molecular flexibility index (Phi) is 3.20. The molecular formula is C21H20N2O. The van der Waals surface area contributed by atoms with Crippen LogP contribution in [0.15, 0.2) is 54.7 Å². The van der Waals surface area contributed by atoms with E-state index in [4.69, 9.17) is 0 Å². The first-order chi connectivity index (χ1) is 11.5. The molecule has 0 fully saturated rings. The number of aromatic nitrogens is 1. The third kappa shape index (κ3) is 2.28. The van der Waals surface area contributed by atoms with Gasteiger partial charge in [0, 0.05) is 17.2 Å². The molecule has 1 amide bonds. The number of amides is 1. The normalized spacial score (nSPS) is 16.3. The summed E-state index contributed by atoms with van der Waals surface area (Å²) >= 11 is 0. The second kappa shape index (κ2) is 5.17. The lowest BCUT2D eigenvalue weighted by atomic mass is 9.76. The van der Waals surface area contributed by atoms with Crippen molar-refractivity contribution < 1.29 is 4.79 Å². The lowest BCUT2D eigenvalue weighted by Crippen LogP contribution is -2.39. The van der Waals surface area contributed by atoms with Crippen molar-refractivity contribution in [3.05, 3.63) is 65.9 Å². The Morgan fingerprint density at radius 3 is 2.71 bits per heavy atom. The van der Waals surface area contributed by atoms with Gasteiger partial charge in [-0.1, -0.05) is 49.7 Å². The number of carbonyl (C=O) groups is 1. The number of para-hydroxylation sites is 1. The van der Waals surface area contributed by atoms with E-state index in [0.29, 0.717) is 6.42 Å². The maximum absolute atomic E-state index is 12.9. The first-order valence-electron chi connectivity index (χ1n) is 8.25. The van der Waals surface area contributed by atoms with E-state index >= 15 is 0 Å². The highest BCUT2D eigenvalue weighted by Gasteiger charge is 2.37. The third-order valence-electron chi connectivity index (χ3n) is 4.80. The first-order valence-corrected chi connectivity index (χ1v) is 8.25. The van der Waals surface area contributed by atoms with Crippen molar-refractivity contribution in [1.29, 1.82) is 0 Å². The molecule has 120 valence electrons. The fourth-order valence-electron chi connectivity index (χ4n) is 3.54. The predicted octanol–water partition coefficient (Wildman–Crippen LogP) is 4.89. The second-order valence-electron chi connectivity index (χ2n) is 7.20. The highest BCUT2D eigenvalue weighted by atomic mass is 16.2. The second-order valence-corrected chi connectivity index (χ2v) is 7.20. The highest BCUT2D eigenvalue weighted by molar-refractivity contribution is 6.05. The van der Waals surface area contributed by atoms with Crippen molar-refractivity contribution in [2.24, 2.45) is 0 Å². The van der Waals surface area contributed by atoms with Crippen LogP contribution in [0.5, 0.6) is 0 Å². The lowest BCUT2D eigenvalue weighted by molar-refractivity contribution is -0.119. The number of benzene rings is 2. The van der Waals surface area contributed by atoms with E-state index in [1.165, 1.54) is 11.1 Å². The summed E-state index contributed by atoms with van der Waals surface area (Å²) in [7, 11) is 0. The average Bonchev–Trinajstić information content (AvgIpc) is 2.55. The number of carbonyl (C=O) groups excluding carboxylic acids is 1. The zero-order valence-electron chi connectivity index (χ0n) is 14.2. The van der Waals surface area contributed by atoms with Crippen molar-refractivity contribution >= 4 is 28.2 Å². The zero-order chi connectivity index (χ0) is 16.9. The summed E-state index contributed by atoms with van der Waals surface area (Å²) in [5.74, 6) is 0.119. The molecular weight excluding hydrogens is 296 g/mol. The molecule has 0 N–H and O–H groups in total. The minimum Gasteiger partial charge on any atom is -0.279 e. The Morgan fingerprint density at radius 2 is 1.88 bits per heavy atom. The molecule has 1 aliphatic heterocycles. The molecule has 3 nitrogen and oxygen atoms in total. The Hall–Kier alpha value is -2.68. The van der Waals surface area contributed by atoms with Crippen LogP contribution >= 0.6 is 0 Å². The van der Waals surface area contributed by atoms with Gasteiger partial charge >= 0.3 is 0 Å². The molecule has 0 unspecified atom stereocenters. The van der Waals surface area contributed by atoms with Crippen LogP contribution in [0.1, 0.15) is 31.4 Å². The monoisotopic (exact) mass is 316 g/mol. The predicted molar refractivity (Wildman–Crippen MR) is 97.7 cm³/mol. The van der Waals surface area contributed by atoms with Crippen molar-refractivity contribution in [3.8, 4) is 0 Å².